The fourth-order valence-electron chi connectivity index (χ4n) is 3.16. The summed E-state index contributed by atoms with van der Waals surface area (Å²) in [5.41, 5.74) is 0.699. The molecule has 1 aliphatic rings. The Bertz CT molecular complexity index is 742. The molecule has 0 bridgehead atoms. The van der Waals surface area contributed by atoms with Crippen molar-refractivity contribution in [1.82, 2.24) is 5.32 Å². The lowest BCUT2D eigenvalue weighted by Gasteiger charge is -2.21. The number of nitrogens with one attached hydrogen (secondary N) is 1. The second kappa shape index (κ2) is 8.67. The number of amides is 1. The van der Waals surface area contributed by atoms with E-state index in [0.29, 0.717) is 29.0 Å². The van der Waals surface area contributed by atoms with Crippen molar-refractivity contribution in [2.45, 2.75) is 52.9 Å². The number of hydrogen-bond acceptors (Lipinski definition) is 3. The second-order valence-electron chi connectivity index (χ2n) is 6.10. The molecule has 24 heavy (non-hydrogen) atoms. The third-order valence-corrected chi connectivity index (χ3v) is 4.51. The van der Waals surface area contributed by atoms with E-state index < -0.39 is 0 Å². The van der Waals surface area contributed by atoms with Crippen LogP contribution in [0.25, 0.3) is 11.0 Å². The molecule has 1 aliphatic carbocycles. The van der Waals surface area contributed by atoms with E-state index >= 15 is 0 Å². The zero-order valence-corrected chi connectivity index (χ0v) is 14.9. The predicted molar refractivity (Wildman–Crippen MR) is 97.5 cm³/mol. The molecule has 2 aromatic rings. The third kappa shape index (κ3) is 4.05. The van der Waals surface area contributed by atoms with E-state index in [0.717, 1.165) is 0 Å². The summed E-state index contributed by atoms with van der Waals surface area (Å²) in [7, 11) is 0. The minimum atomic E-state index is -0.286. The van der Waals surface area contributed by atoms with Crippen LogP contribution in [0.2, 0.25) is 0 Å². The Kier molecular flexibility index (Phi) is 6.59. The van der Waals surface area contributed by atoms with Gasteiger partial charge in [-0.2, -0.15) is 0 Å². The molecular weight excluding hydrogens is 302 g/mol. The summed E-state index contributed by atoms with van der Waals surface area (Å²) < 4.78 is 5.66. The van der Waals surface area contributed by atoms with E-state index in [1.807, 2.05) is 13.8 Å². The maximum Gasteiger partial charge on any atom is 0.287 e. The van der Waals surface area contributed by atoms with Gasteiger partial charge >= 0.3 is 0 Å². The zero-order valence-electron chi connectivity index (χ0n) is 14.9. The molecule has 4 heteroatoms. The maximum absolute atomic E-state index is 12.4. The summed E-state index contributed by atoms with van der Waals surface area (Å²) in [6.07, 6.45) is 6.11. The third-order valence-electron chi connectivity index (χ3n) is 4.51. The minimum Gasteiger partial charge on any atom is -0.450 e. The van der Waals surface area contributed by atoms with Crippen molar-refractivity contribution in [3.8, 4) is 0 Å². The van der Waals surface area contributed by atoms with Crippen LogP contribution in [0.3, 0.4) is 0 Å². The molecule has 0 spiro atoms. The molecule has 0 saturated heterocycles. The van der Waals surface area contributed by atoms with Gasteiger partial charge in [-0.1, -0.05) is 45.2 Å². The quantitative estimate of drug-likeness (QED) is 0.905. The van der Waals surface area contributed by atoms with Gasteiger partial charge in [0.15, 0.2) is 11.2 Å². The van der Waals surface area contributed by atoms with Crippen LogP contribution in [-0.4, -0.2) is 12.5 Å². The summed E-state index contributed by atoms with van der Waals surface area (Å²) in [6, 6.07) is 7.03. The van der Waals surface area contributed by atoms with Crippen LogP contribution in [0, 0.1) is 12.8 Å². The lowest BCUT2D eigenvalue weighted by molar-refractivity contribution is 0.0915. The molecule has 0 unspecified atom stereocenters. The van der Waals surface area contributed by atoms with Gasteiger partial charge in [-0.05, 0) is 37.8 Å². The highest BCUT2D eigenvalue weighted by Crippen LogP contribution is 2.23. The number of carbonyl (C=O) groups is 1. The Hall–Kier alpha value is -2.10. The number of benzene rings is 1. The van der Waals surface area contributed by atoms with Crippen LogP contribution in [-0.2, 0) is 0 Å². The number of rotatable bonds is 3. The van der Waals surface area contributed by atoms with Crippen LogP contribution in [0.1, 0.15) is 62.1 Å². The largest absolute Gasteiger partial charge is 0.450 e. The molecule has 1 fully saturated rings. The molecule has 0 atom stereocenters. The van der Waals surface area contributed by atoms with E-state index in [-0.39, 0.29) is 17.1 Å². The van der Waals surface area contributed by atoms with Gasteiger partial charge in [-0.15, -0.1) is 0 Å². The monoisotopic (exact) mass is 329 g/mol. The van der Waals surface area contributed by atoms with Gasteiger partial charge in [0.1, 0.15) is 5.58 Å². The lowest BCUT2D eigenvalue weighted by Crippen LogP contribution is -2.31. The maximum atomic E-state index is 12.4. The number of carbonyl (C=O) groups excluding carboxylic acids is 1. The molecule has 1 heterocycles. The van der Waals surface area contributed by atoms with Crippen LogP contribution in [0.5, 0.6) is 0 Å². The molecule has 1 aromatic carbocycles. The molecule has 4 nitrogen and oxygen atoms in total. The Labute approximate surface area is 143 Å². The average molecular weight is 329 g/mol. The molecule has 3 rings (SSSR count). The van der Waals surface area contributed by atoms with Crippen LogP contribution in [0.4, 0.5) is 0 Å². The van der Waals surface area contributed by atoms with Crippen molar-refractivity contribution < 1.29 is 9.21 Å². The zero-order chi connectivity index (χ0) is 17.5. The first-order chi connectivity index (χ1) is 11.7. The molecule has 1 aromatic heterocycles. The number of fused-ring (bicyclic) bond motifs is 1. The standard InChI is InChI=1S/C18H21NO3.C2H6/c1-12-16(20)14-9-5-6-10-15(14)22-17(12)18(21)19-11-13-7-3-2-4-8-13;1-2/h5-6,9-10,13H,2-4,7-8,11H2,1H3,(H,19,21);1-2H3. The summed E-state index contributed by atoms with van der Waals surface area (Å²) in [5.74, 6) is 0.399. The van der Waals surface area contributed by atoms with E-state index in [9.17, 15) is 9.59 Å². The highest BCUT2D eigenvalue weighted by Gasteiger charge is 2.19. The smallest absolute Gasteiger partial charge is 0.287 e. The van der Waals surface area contributed by atoms with Gasteiger partial charge in [0, 0.05) is 12.1 Å². The van der Waals surface area contributed by atoms with E-state index in [2.05, 4.69) is 5.32 Å². The topological polar surface area (TPSA) is 59.3 Å². The van der Waals surface area contributed by atoms with Gasteiger partial charge in [0.05, 0.1) is 5.39 Å². The van der Waals surface area contributed by atoms with E-state index in [1.165, 1.54) is 32.1 Å². The SMILES string of the molecule is CC.Cc1c(C(=O)NCC2CCCCC2)oc2ccccc2c1=O. The van der Waals surface area contributed by atoms with Gasteiger partial charge in [-0.3, -0.25) is 9.59 Å². The summed E-state index contributed by atoms with van der Waals surface area (Å²) in [4.78, 5) is 24.7. The molecule has 1 amide bonds. The summed E-state index contributed by atoms with van der Waals surface area (Å²) in [6.45, 7) is 6.31. The van der Waals surface area contributed by atoms with Crippen molar-refractivity contribution in [2.75, 3.05) is 6.54 Å². The Morgan fingerprint density at radius 1 is 1.17 bits per heavy atom. The fraction of sp³-hybridized carbons (Fsp3) is 0.500. The van der Waals surface area contributed by atoms with Gasteiger partial charge < -0.3 is 9.73 Å². The molecule has 1 saturated carbocycles. The highest BCUT2D eigenvalue weighted by atomic mass is 16.3. The molecule has 1 N–H and O–H groups in total. The normalized spacial score (nSPS) is 14.8. The Morgan fingerprint density at radius 3 is 2.54 bits per heavy atom. The molecule has 130 valence electrons. The first-order valence-electron chi connectivity index (χ1n) is 8.97. The van der Waals surface area contributed by atoms with Crippen LogP contribution < -0.4 is 10.7 Å². The van der Waals surface area contributed by atoms with Gasteiger partial charge in [0.25, 0.3) is 5.91 Å². The fourth-order valence-corrected chi connectivity index (χ4v) is 3.16. The predicted octanol–water partition coefficient (Wildman–Crippen LogP) is 4.44. The van der Waals surface area contributed by atoms with Gasteiger partial charge in [0.2, 0.25) is 0 Å². The van der Waals surface area contributed by atoms with Gasteiger partial charge in [-0.25, -0.2) is 0 Å². The van der Waals surface area contributed by atoms with Crippen molar-refractivity contribution in [3.05, 3.63) is 45.8 Å². The average Bonchev–Trinajstić information content (AvgIpc) is 2.65. The lowest BCUT2D eigenvalue weighted by atomic mass is 9.89. The van der Waals surface area contributed by atoms with Crippen molar-refractivity contribution in [3.63, 3.8) is 0 Å². The van der Waals surface area contributed by atoms with E-state index in [1.54, 1.807) is 31.2 Å². The Balaban J connectivity index is 0.00000100. The summed E-state index contributed by atoms with van der Waals surface area (Å²) in [5, 5.41) is 3.45. The van der Waals surface area contributed by atoms with Crippen LogP contribution >= 0.6 is 0 Å². The Morgan fingerprint density at radius 2 is 1.83 bits per heavy atom. The molecule has 0 radical (unpaired) electrons. The first-order valence-corrected chi connectivity index (χ1v) is 8.97. The first kappa shape index (κ1) is 18.2. The number of para-hydroxylation sites is 1. The number of hydrogen-bond donors (Lipinski definition) is 1. The van der Waals surface area contributed by atoms with Crippen molar-refractivity contribution in [2.24, 2.45) is 5.92 Å². The molecule has 0 aliphatic heterocycles. The molecular formula is C20H27NO3. The summed E-state index contributed by atoms with van der Waals surface area (Å²) >= 11 is 0. The minimum absolute atomic E-state index is 0.135. The van der Waals surface area contributed by atoms with Crippen molar-refractivity contribution in [1.29, 1.82) is 0 Å². The second-order valence-corrected chi connectivity index (χ2v) is 6.10. The van der Waals surface area contributed by atoms with Crippen LogP contribution in [0.15, 0.2) is 33.5 Å². The van der Waals surface area contributed by atoms with Crippen molar-refractivity contribution >= 4 is 16.9 Å². The van der Waals surface area contributed by atoms with E-state index in [4.69, 9.17) is 4.42 Å². The highest BCUT2D eigenvalue weighted by molar-refractivity contribution is 5.94.